The Morgan fingerprint density at radius 2 is 1.83 bits per heavy atom. The highest BCUT2D eigenvalue weighted by Crippen LogP contribution is 2.43. The number of carbonyl (C=O) groups is 2. The minimum absolute atomic E-state index is 0.0258. The quantitative estimate of drug-likeness (QED) is 0.390. The van der Waals surface area contributed by atoms with Crippen molar-refractivity contribution in [3.63, 3.8) is 0 Å². The highest BCUT2D eigenvalue weighted by molar-refractivity contribution is 7.21. The maximum atomic E-state index is 13.6. The fourth-order valence-electron chi connectivity index (χ4n) is 3.62. The lowest BCUT2D eigenvalue weighted by Gasteiger charge is -2.10. The number of primary amides is 1. The van der Waals surface area contributed by atoms with Crippen LogP contribution >= 0.6 is 11.3 Å². The number of nitrogens with one attached hydrogen (secondary N) is 1. The predicted octanol–water partition coefficient (Wildman–Crippen LogP) is 4.05. The van der Waals surface area contributed by atoms with Crippen molar-refractivity contribution in [2.24, 2.45) is 19.8 Å². The van der Waals surface area contributed by atoms with Crippen LogP contribution in [0.1, 0.15) is 43.7 Å². The van der Waals surface area contributed by atoms with Crippen LogP contribution in [0.2, 0.25) is 0 Å². The highest BCUT2D eigenvalue weighted by Gasteiger charge is 2.36. The van der Waals surface area contributed by atoms with Crippen molar-refractivity contribution in [2.45, 2.75) is 19.5 Å². The van der Waals surface area contributed by atoms with Crippen molar-refractivity contribution < 1.29 is 31.5 Å². The van der Waals surface area contributed by atoms with Gasteiger partial charge in [0.15, 0.2) is 5.69 Å². The number of hydrogen-bond donors (Lipinski definition) is 2. The molecule has 35 heavy (non-hydrogen) atoms. The van der Waals surface area contributed by atoms with E-state index in [2.05, 4.69) is 20.5 Å². The van der Waals surface area contributed by atoms with Crippen LogP contribution in [0.25, 0.3) is 21.3 Å². The van der Waals surface area contributed by atoms with Crippen LogP contribution in [0.15, 0.2) is 18.3 Å². The molecule has 0 bridgehead atoms. The Bertz CT molecular complexity index is 1490. The number of anilines is 1. The van der Waals surface area contributed by atoms with Gasteiger partial charge in [-0.2, -0.15) is 23.4 Å². The average molecular weight is 513 g/mol. The topological polar surface area (TPSA) is 121 Å². The molecule has 0 aliphatic heterocycles. The Morgan fingerprint density at radius 1 is 1.14 bits per heavy atom. The summed E-state index contributed by atoms with van der Waals surface area (Å²) in [7, 11) is 2.64. The van der Waals surface area contributed by atoms with Crippen LogP contribution < -0.4 is 11.1 Å². The molecular formula is C20H16F5N7O2S. The zero-order chi connectivity index (χ0) is 25.8. The van der Waals surface area contributed by atoms with Gasteiger partial charge in [0.1, 0.15) is 21.1 Å². The first kappa shape index (κ1) is 24.3. The van der Waals surface area contributed by atoms with Gasteiger partial charge in [0.2, 0.25) is 0 Å². The zero-order valence-corrected chi connectivity index (χ0v) is 19.1. The Hall–Kier alpha value is -3.88. The third-order valence-corrected chi connectivity index (χ3v) is 6.17. The summed E-state index contributed by atoms with van der Waals surface area (Å²) in [6, 6.07) is 1.65. The second-order valence-electron chi connectivity index (χ2n) is 7.54. The number of aryl methyl sites for hydroxylation is 3. The molecular weight excluding hydrogens is 497 g/mol. The van der Waals surface area contributed by atoms with Gasteiger partial charge in [-0.3, -0.25) is 19.0 Å². The molecule has 9 nitrogen and oxygen atoms in total. The normalized spacial score (nSPS) is 12.0. The summed E-state index contributed by atoms with van der Waals surface area (Å²) >= 11 is 0.668. The Morgan fingerprint density at radius 3 is 2.34 bits per heavy atom. The molecule has 0 atom stereocenters. The van der Waals surface area contributed by atoms with Crippen molar-refractivity contribution in [3.05, 3.63) is 46.0 Å². The number of rotatable bonds is 5. The maximum Gasteiger partial charge on any atom is 0.433 e. The zero-order valence-electron chi connectivity index (χ0n) is 18.2. The summed E-state index contributed by atoms with van der Waals surface area (Å²) in [5.41, 5.74) is 4.03. The summed E-state index contributed by atoms with van der Waals surface area (Å²) in [6.07, 6.45) is -6.14. The van der Waals surface area contributed by atoms with E-state index in [0.717, 1.165) is 13.1 Å². The first-order valence-electron chi connectivity index (χ1n) is 9.76. The number of nitrogens with zero attached hydrogens (tertiary/aromatic N) is 5. The lowest BCUT2D eigenvalue weighted by atomic mass is 10.0. The van der Waals surface area contributed by atoms with Gasteiger partial charge < -0.3 is 11.1 Å². The number of thiophene rings is 1. The van der Waals surface area contributed by atoms with E-state index in [1.54, 1.807) is 20.2 Å². The smallest absolute Gasteiger partial charge is 0.365 e. The van der Waals surface area contributed by atoms with Crippen LogP contribution in [0.4, 0.5) is 27.6 Å². The highest BCUT2D eigenvalue weighted by atomic mass is 32.1. The molecule has 184 valence electrons. The number of aromatic nitrogens is 5. The van der Waals surface area contributed by atoms with Gasteiger partial charge in [0.05, 0.1) is 11.4 Å². The van der Waals surface area contributed by atoms with Crippen molar-refractivity contribution in [3.8, 4) is 11.1 Å². The van der Waals surface area contributed by atoms with Crippen molar-refractivity contribution in [1.82, 2.24) is 24.5 Å². The third kappa shape index (κ3) is 4.34. The number of pyridine rings is 1. The first-order valence-corrected chi connectivity index (χ1v) is 10.6. The van der Waals surface area contributed by atoms with E-state index in [-0.39, 0.29) is 26.3 Å². The number of amides is 2. The number of fused-ring (bicyclic) bond motifs is 1. The van der Waals surface area contributed by atoms with E-state index >= 15 is 0 Å². The van der Waals surface area contributed by atoms with E-state index in [1.165, 1.54) is 4.68 Å². The monoisotopic (exact) mass is 513 g/mol. The lowest BCUT2D eigenvalue weighted by molar-refractivity contribution is -0.143. The lowest BCUT2D eigenvalue weighted by Crippen LogP contribution is -2.17. The molecule has 0 fully saturated rings. The molecule has 0 aliphatic rings. The van der Waals surface area contributed by atoms with Crippen LogP contribution in [-0.2, 0) is 20.3 Å². The molecule has 3 N–H and O–H groups in total. The molecule has 0 saturated carbocycles. The molecule has 4 aromatic heterocycles. The van der Waals surface area contributed by atoms with Gasteiger partial charge in [-0.25, -0.2) is 13.8 Å². The Kier molecular flexibility index (Phi) is 5.82. The molecule has 0 saturated heterocycles. The van der Waals surface area contributed by atoms with Crippen LogP contribution in [0, 0.1) is 6.92 Å². The second kappa shape index (κ2) is 8.41. The number of alkyl halides is 5. The van der Waals surface area contributed by atoms with Gasteiger partial charge in [0, 0.05) is 37.3 Å². The van der Waals surface area contributed by atoms with Crippen molar-refractivity contribution in [1.29, 1.82) is 0 Å². The van der Waals surface area contributed by atoms with Gasteiger partial charge in [0.25, 0.3) is 18.2 Å². The molecule has 4 aromatic rings. The van der Waals surface area contributed by atoms with E-state index in [9.17, 15) is 31.5 Å². The fourth-order valence-corrected chi connectivity index (χ4v) is 4.63. The molecule has 15 heteroatoms. The van der Waals surface area contributed by atoms with E-state index < -0.39 is 41.5 Å². The van der Waals surface area contributed by atoms with E-state index in [4.69, 9.17) is 5.73 Å². The van der Waals surface area contributed by atoms with Crippen LogP contribution in [-0.4, -0.2) is 36.4 Å². The maximum absolute atomic E-state index is 13.6. The SMILES string of the molecule is Cc1nn(C)cc1-c1cc(C(F)F)nc2sc(C(N)=O)c(NC(=O)c3cc(C(F)(F)F)n(C)n3)c12. The molecule has 4 rings (SSSR count). The molecule has 0 aromatic carbocycles. The van der Waals surface area contributed by atoms with E-state index in [1.807, 2.05) is 0 Å². The standard InChI is InChI=1S/C20H16F5N7O2S/c1-7-9(6-31(2)29-7)8-4-10(16(21)22)27-19-13(8)14(15(35-19)17(26)33)28-18(34)11-5-12(20(23,24)25)32(3)30-11/h4-6,16H,1-3H3,(H2,26,33)(H,28,34). The molecule has 0 unspecified atom stereocenters. The Labute approximate surface area is 197 Å². The van der Waals surface area contributed by atoms with Gasteiger partial charge in [-0.15, -0.1) is 11.3 Å². The summed E-state index contributed by atoms with van der Waals surface area (Å²) < 4.78 is 68.5. The summed E-state index contributed by atoms with van der Waals surface area (Å²) in [5, 5.41) is 10.3. The van der Waals surface area contributed by atoms with Crippen molar-refractivity contribution >= 4 is 39.1 Å². The summed E-state index contributed by atoms with van der Waals surface area (Å²) in [4.78, 5) is 28.7. The molecule has 0 aliphatic carbocycles. The van der Waals surface area contributed by atoms with Crippen LogP contribution in [0.5, 0.6) is 0 Å². The fraction of sp³-hybridized carbons (Fsp3) is 0.250. The molecule has 0 radical (unpaired) electrons. The first-order chi connectivity index (χ1) is 16.3. The second-order valence-corrected chi connectivity index (χ2v) is 8.54. The predicted molar refractivity (Wildman–Crippen MR) is 116 cm³/mol. The van der Waals surface area contributed by atoms with Crippen molar-refractivity contribution in [2.75, 3.05) is 5.32 Å². The molecule has 2 amide bonds. The number of carbonyl (C=O) groups excluding carboxylic acids is 2. The minimum atomic E-state index is -4.76. The molecule has 4 heterocycles. The van der Waals surface area contributed by atoms with Gasteiger partial charge >= 0.3 is 6.18 Å². The number of nitrogens with two attached hydrogens (primary N) is 1. The summed E-state index contributed by atoms with van der Waals surface area (Å²) in [5.74, 6) is -2.06. The minimum Gasteiger partial charge on any atom is -0.365 e. The van der Waals surface area contributed by atoms with Gasteiger partial charge in [-0.1, -0.05) is 0 Å². The molecule has 0 spiro atoms. The van der Waals surface area contributed by atoms with Crippen LogP contribution in [0.3, 0.4) is 0 Å². The van der Waals surface area contributed by atoms with Gasteiger partial charge in [-0.05, 0) is 18.6 Å². The number of halogens is 5. The third-order valence-electron chi connectivity index (χ3n) is 5.07. The largest absolute Gasteiger partial charge is 0.433 e. The average Bonchev–Trinajstić information content (AvgIpc) is 3.41. The Balaban J connectivity index is 1.93. The summed E-state index contributed by atoms with van der Waals surface area (Å²) in [6.45, 7) is 1.63. The number of hydrogen-bond acceptors (Lipinski definition) is 6. The van der Waals surface area contributed by atoms with E-state index in [0.29, 0.717) is 33.3 Å².